The molecule has 3 heterocycles. The van der Waals surface area contributed by atoms with Crippen LogP contribution in [0.1, 0.15) is 5.56 Å². The fourth-order valence-corrected chi connectivity index (χ4v) is 3.36. The Hall–Kier alpha value is -3.42. The second-order valence-corrected chi connectivity index (χ2v) is 7.40. The van der Waals surface area contributed by atoms with Crippen LogP contribution < -0.4 is 15.1 Å². The van der Waals surface area contributed by atoms with Gasteiger partial charge in [0.25, 0.3) is 0 Å². The van der Waals surface area contributed by atoms with Crippen molar-refractivity contribution in [3.05, 3.63) is 48.3 Å². The Bertz CT molecular complexity index is 1040. The van der Waals surface area contributed by atoms with Gasteiger partial charge in [0.2, 0.25) is 5.91 Å². The first-order valence-corrected chi connectivity index (χ1v) is 9.62. The Labute approximate surface area is 170 Å². The van der Waals surface area contributed by atoms with Gasteiger partial charge in [-0.3, -0.25) is 4.79 Å². The molecule has 3 aromatic rings. The number of nitrogens with zero attached hydrogens (tertiary/aromatic N) is 6. The summed E-state index contributed by atoms with van der Waals surface area (Å²) in [6.07, 6.45) is 1.54. The summed E-state index contributed by atoms with van der Waals surface area (Å²) in [5.41, 5.74) is 2.11. The number of nitrogens with one attached hydrogen (secondary N) is 1. The molecule has 2 aromatic heterocycles. The van der Waals surface area contributed by atoms with Crippen molar-refractivity contribution in [1.29, 1.82) is 0 Å². The van der Waals surface area contributed by atoms with Gasteiger partial charge >= 0.3 is 0 Å². The number of likely N-dealkylation sites (N-methyl/N-ethyl adjacent to an activating group) is 1. The van der Waals surface area contributed by atoms with Gasteiger partial charge in [-0.05, 0) is 17.7 Å². The molecule has 8 heteroatoms. The van der Waals surface area contributed by atoms with Crippen LogP contribution in [-0.4, -0.2) is 66.5 Å². The molecule has 1 amide bonds. The van der Waals surface area contributed by atoms with E-state index in [1.54, 1.807) is 4.90 Å². The first kappa shape index (κ1) is 18.9. The Morgan fingerprint density at radius 1 is 1.14 bits per heavy atom. The fourth-order valence-electron chi connectivity index (χ4n) is 3.36. The summed E-state index contributed by atoms with van der Waals surface area (Å²) < 4.78 is 0. The first-order valence-electron chi connectivity index (χ1n) is 9.62. The molecule has 0 unspecified atom stereocenters. The number of rotatable bonds is 5. The standard InChI is InChI=1S/C21H25N7O/c1-26(2)20-10-15(16-6-4-5-7-17(16)25-20)12-22-18-11-19(24-14-23-18)28-9-8-27(3)21(29)13-28/h4-7,10-11,14H,8-9,12-13H2,1-3H3,(H,22,23,24). The zero-order valence-electron chi connectivity index (χ0n) is 17.0. The lowest BCUT2D eigenvalue weighted by molar-refractivity contribution is -0.129. The van der Waals surface area contributed by atoms with Crippen molar-refractivity contribution in [3.63, 3.8) is 0 Å². The van der Waals surface area contributed by atoms with Gasteiger partial charge in [-0.25, -0.2) is 15.0 Å². The molecular formula is C21H25N7O. The average molecular weight is 391 g/mol. The molecule has 29 heavy (non-hydrogen) atoms. The van der Waals surface area contributed by atoms with E-state index < -0.39 is 0 Å². The molecule has 0 saturated carbocycles. The summed E-state index contributed by atoms with van der Waals surface area (Å²) in [4.78, 5) is 31.1. The molecule has 1 aliphatic rings. The van der Waals surface area contributed by atoms with E-state index >= 15 is 0 Å². The number of amides is 1. The first-order chi connectivity index (χ1) is 14.0. The third kappa shape index (κ3) is 4.06. The van der Waals surface area contributed by atoms with Crippen LogP contribution in [0.3, 0.4) is 0 Å². The highest BCUT2D eigenvalue weighted by molar-refractivity contribution is 5.84. The average Bonchev–Trinajstić information content (AvgIpc) is 2.74. The third-order valence-corrected chi connectivity index (χ3v) is 5.14. The molecule has 1 N–H and O–H groups in total. The summed E-state index contributed by atoms with van der Waals surface area (Å²) in [5, 5.41) is 4.51. The topological polar surface area (TPSA) is 77.5 Å². The molecule has 0 aliphatic carbocycles. The summed E-state index contributed by atoms with van der Waals surface area (Å²) in [5.74, 6) is 2.51. The maximum Gasteiger partial charge on any atom is 0.241 e. The van der Waals surface area contributed by atoms with Crippen molar-refractivity contribution in [2.24, 2.45) is 0 Å². The quantitative estimate of drug-likeness (QED) is 0.713. The number of carbonyl (C=O) groups excluding carboxylic acids is 1. The molecule has 0 radical (unpaired) electrons. The number of para-hydroxylation sites is 1. The van der Waals surface area contributed by atoms with Crippen LogP contribution in [0.25, 0.3) is 10.9 Å². The van der Waals surface area contributed by atoms with Crippen molar-refractivity contribution in [1.82, 2.24) is 19.9 Å². The second kappa shape index (κ2) is 7.90. The van der Waals surface area contributed by atoms with E-state index in [0.717, 1.165) is 40.5 Å². The van der Waals surface area contributed by atoms with Gasteiger partial charge in [0, 0.05) is 52.2 Å². The monoisotopic (exact) mass is 391 g/mol. The highest BCUT2D eigenvalue weighted by Crippen LogP contribution is 2.23. The van der Waals surface area contributed by atoms with Crippen molar-refractivity contribution in [2.45, 2.75) is 6.54 Å². The van der Waals surface area contributed by atoms with Gasteiger partial charge in [0.15, 0.2) is 0 Å². The predicted molar refractivity (Wildman–Crippen MR) is 115 cm³/mol. The molecule has 0 atom stereocenters. The van der Waals surface area contributed by atoms with E-state index in [-0.39, 0.29) is 5.91 Å². The number of anilines is 3. The molecule has 1 aromatic carbocycles. The molecular weight excluding hydrogens is 366 g/mol. The van der Waals surface area contributed by atoms with Crippen LogP contribution in [0.15, 0.2) is 42.7 Å². The SMILES string of the molecule is CN1CCN(c2cc(NCc3cc(N(C)C)nc4ccccc34)ncn2)CC1=O. The number of hydrogen-bond donors (Lipinski definition) is 1. The Kier molecular flexibility index (Phi) is 5.16. The maximum atomic E-state index is 12.0. The number of hydrogen-bond acceptors (Lipinski definition) is 7. The Balaban J connectivity index is 1.55. The lowest BCUT2D eigenvalue weighted by Gasteiger charge is -2.32. The van der Waals surface area contributed by atoms with Crippen LogP contribution >= 0.6 is 0 Å². The summed E-state index contributed by atoms with van der Waals surface area (Å²) in [6, 6.07) is 12.1. The second-order valence-electron chi connectivity index (χ2n) is 7.40. The number of fused-ring (bicyclic) bond motifs is 1. The highest BCUT2D eigenvalue weighted by Gasteiger charge is 2.22. The van der Waals surface area contributed by atoms with E-state index in [9.17, 15) is 4.79 Å². The highest BCUT2D eigenvalue weighted by atomic mass is 16.2. The van der Waals surface area contributed by atoms with Crippen molar-refractivity contribution >= 4 is 34.3 Å². The van der Waals surface area contributed by atoms with Gasteiger partial charge in [-0.15, -0.1) is 0 Å². The van der Waals surface area contributed by atoms with E-state index in [4.69, 9.17) is 4.98 Å². The molecule has 8 nitrogen and oxygen atoms in total. The van der Waals surface area contributed by atoms with Crippen LogP contribution in [0.4, 0.5) is 17.5 Å². The Morgan fingerprint density at radius 2 is 1.97 bits per heavy atom. The minimum atomic E-state index is 0.101. The van der Waals surface area contributed by atoms with E-state index in [0.29, 0.717) is 19.6 Å². The zero-order valence-corrected chi connectivity index (χ0v) is 17.0. The number of benzene rings is 1. The van der Waals surface area contributed by atoms with Crippen LogP contribution in [-0.2, 0) is 11.3 Å². The van der Waals surface area contributed by atoms with Crippen LogP contribution in [0, 0.1) is 0 Å². The normalized spacial score (nSPS) is 14.4. The van der Waals surface area contributed by atoms with Crippen molar-refractivity contribution in [2.75, 3.05) is 55.9 Å². The molecule has 150 valence electrons. The molecule has 0 spiro atoms. The van der Waals surface area contributed by atoms with Gasteiger partial charge in [0.05, 0.1) is 12.1 Å². The number of piperazine rings is 1. The van der Waals surface area contributed by atoms with Crippen molar-refractivity contribution < 1.29 is 4.79 Å². The number of aromatic nitrogens is 3. The largest absolute Gasteiger partial charge is 0.366 e. The van der Waals surface area contributed by atoms with E-state index in [1.807, 2.05) is 55.2 Å². The minimum Gasteiger partial charge on any atom is -0.366 e. The molecule has 1 fully saturated rings. The predicted octanol–water partition coefficient (Wildman–Crippen LogP) is 1.98. The third-order valence-electron chi connectivity index (χ3n) is 5.14. The zero-order chi connectivity index (χ0) is 20.4. The van der Waals surface area contributed by atoms with Crippen LogP contribution in [0.5, 0.6) is 0 Å². The number of pyridine rings is 1. The van der Waals surface area contributed by atoms with E-state index in [1.165, 1.54) is 6.33 Å². The summed E-state index contributed by atoms with van der Waals surface area (Å²) >= 11 is 0. The maximum absolute atomic E-state index is 12.0. The molecule has 4 rings (SSSR count). The van der Waals surface area contributed by atoms with E-state index in [2.05, 4.69) is 27.4 Å². The van der Waals surface area contributed by atoms with Crippen LogP contribution in [0.2, 0.25) is 0 Å². The smallest absolute Gasteiger partial charge is 0.241 e. The molecule has 0 bridgehead atoms. The van der Waals surface area contributed by atoms with Gasteiger partial charge in [-0.1, -0.05) is 18.2 Å². The van der Waals surface area contributed by atoms with Crippen molar-refractivity contribution in [3.8, 4) is 0 Å². The summed E-state index contributed by atoms with van der Waals surface area (Å²) in [6.45, 7) is 2.41. The lowest BCUT2D eigenvalue weighted by atomic mass is 10.1. The molecule has 1 saturated heterocycles. The number of carbonyl (C=O) groups is 1. The van der Waals surface area contributed by atoms with Gasteiger partial charge in [0.1, 0.15) is 23.8 Å². The summed E-state index contributed by atoms with van der Waals surface area (Å²) in [7, 11) is 5.80. The fraction of sp³-hybridized carbons (Fsp3) is 0.333. The minimum absolute atomic E-state index is 0.101. The lowest BCUT2D eigenvalue weighted by Crippen LogP contribution is -2.48. The molecule has 1 aliphatic heterocycles. The van der Waals surface area contributed by atoms with Gasteiger partial charge < -0.3 is 20.0 Å². The van der Waals surface area contributed by atoms with Gasteiger partial charge in [-0.2, -0.15) is 0 Å². The Morgan fingerprint density at radius 3 is 2.76 bits per heavy atom.